The molecule has 7 heteroatoms. The molecule has 98 valence electrons. The number of carbonyl (C=O) groups is 1. The van der Waals surface area contributed by atoms with Crippen molar-refractivity contribution >= 4 is 28.8 Å². The highest BCUT2D eigenvalue weighted by atomic mass is 16.1. The maximum atomic E-state index is 11.0. The van der Waals surface area contributed by atoms with Crippen LogP contribution in [0.2, 0.25) is 0 Å². The summed E-state index contributed by atoms with van der Waals surface area (Å²) in [5.74, 6) is -0.549. The summed E-state index contributed by atoms with van der Waals surface area (Å²) in [6, 6.07) is 6.87. The number of amides is 1. The van der Waals surface area contributed by atoms with Crippen LogP contribution in [0.25, 0.3) is 0 Å². The first kappa shape index (κ1) is 14.2. The van der Waals surface area contributed by atoms with Crippen LogP contribution in [0.3, 0.4) is 0 Å². The average Bonchev–Trinajstić information content (AvgIpc) is 2.32. The molecule has 0 aliphatic rings. The van der Waals surface area contributed by atoms with Crippen LogP contribution in [0, 0.1) is 23.7 Å². The molecule has 1 rings (SSSR count). The lowest BCUT2D eigenvalue weighted by Crippen LogP contribution is -2.21. The Morgan fingerprint density at radius 1 is 1.53 bits per heavy atom. The lowest BCUT2D eigenvalue weighted by molar-refractivity contribution is -0.114. The van der Waals surface area contributed by atoms with Gasteiger partial charge in [-0.05, 0) is 30.7 Å². The van der Waals surface area contributed by atoms with Crippen LogP contribution in [0.1, 0.15) is 12.5 Å². The van der Waals surface area contributed by atoms with Gasteiger partial charge in [-0.15, -0.1) is 0 Å². The third-order valence-corrected chi connectivity index (χ3v) is 2.19. The van der Waals surface area contributed by atoms with Crippen molar-refractivity contribution < 1.29 is 4.79 Å². The summed E-state index contributed by atoms with van der Waals surface area (Å²) >= 11 is 0. The Kier molecular flexibility index (Phi) is 4.60. The summed E-state index contributed by atoms with van der Waals surface area (Å²) in [4.78, 5) is 11.0. The van der Waals surface area contributed by atoms with Gasteiger partial charge in [-0.3, -0.25) is 15.6 Å². The van der Waals surface area contributed by atoms with Crippen LogP contribution in [0.15, 0.2) is 23.3 Å². The third-order valence-electron chi connectivity index (χ3n) is 2.19. The number of nitrogens with two attached hydrogens (primary N) is 1. The van der Waals surface area contributed by atoms with Crippen molar-refractivity contribution in [2.75, 3.05) is 10.7 Å². The van der Waals surface area contributed by atoms with Crippen molar-refractivity contribution in [2.45, 2.75) is 13.8 Å². The molecule has 19 heavy (non-hydrogen) atoms. The minimum atomic E-state index is -0.401. The van der Waals surface area contributed by atoms with Crippen molar-refractivity contribution in [1.29, 1.82) is 10.7 Å². The van der Waals surface area contributed by atoms with Gasteiger partial charge in [0.1, 0.15) is 6.07 Å². The number of anilines is 2. The van der Waals surface area contributed by atoms with Crippen LogP contribution in [-0.2, 0) is 4.79 Å². The maximum absolute atomic E-state index is 11.0. The van der Waals surface area contributed by atoms with Gasteiger partial charge >= 0.3 is 0 Å². The van der Waals surface area contributed by atoms with Crippen molar-refractivity contribution in [3.8, 4) is 6.07 Å². The van der Waals surface area contributed by atoms with Crippen molar-refractivity contribution in [1.82, 2.24) is 0 Å². The smallest absolute Gasteiger partial charge is 0.221 e. The minimum absolute atomic E-state index is 0.148. The molecule has 1 amide bonds. The summed E-state index contributed by atoms with van der Waals surface area (Å²) in [5.41, 5.74) is 9.77. The molecule has 0 aliphatic carbocycles. The molecule has 0 bridgehead atoms. The highest BCUT2D eigenvalue weighted by Gasteiger charge is 2.03. The molecule has 0 spiro atoms. The number of nitrogens with zero attached hydrogens (tertiary/aromatic N) is 2. The number of amidine groups is 1. The lowest BCUT2D eigenvalue weighted by Gasteiger charge is -2.08. The van der Waals surface area contributed by atoms with E-state index in [4.69, 9.17) is 16.4 Å². The molecular weight excluding hydrogens is 244 g/mol. The first-order valence-corrected chi connectivity index (χ1v) is 5.40. The van der Waals surface area contributed by atoms with Crippen LogP contribution in [-0.4, -0.2) is 17.5 Å². The summed E-state index contributed by atoms with van der Waals surface area (Å²) < 4.78 is 0. The van der Waals surface area contributed by atoms with Crippen LogP contribution < -0.4 is 16.5 Å². The monoisotopic (exact) mass is 258 g/mol. The Bertz CT molecular complexity index is 584. The first-order chi connectivity index (χ1) is 8.93. The SMILES string of the molecule is CC(=O)Nc1ccc(N/N=C(\C#N)C(=N)N)cc1C. The first-order valence-electron chi connectivity index (χ1n) is 5.40. The van der Waals surface area contributed by atoms with Gasteiger partial charge in [0.05, 0.1) is 5.69 Å². The van der Waals surface area contributed by atoms with E-state index in [-0.39, 0.29) is 11.6 Å². The second-order valence-corrected chi connectivity index (χ2v) is 3.81. The van der Waals surface area contributed by atoms with E-state index in [9.17, 15) is 4.79 Å². The Balaban J connectivity index is 2.88. The summed E-state index contributed by atoms with van der Waals surface area (Å²) in [6.07, 6.45) is 0. The van der Waals surface area contributed by atoms with Gasteiger partial charge in [-0.1, -0.05) is 0 Å². The summed E-state index contributed by atoms with van der Waals surface area (Å²) in [6.45, 7) is 3.26. The molecule has 0 heterocycles. The van der Waals surface area contributed by atoms with E-state index < -0.39 is 5.84 Å². The van der Waals surface area contributed by atoms with E-state index in [1.54, 1.807) is 24.3 Å². The predicted molar refractivity (Wildman–Crippen MR) is 74.1 cm³/mol. The molecule has 7 nitrogen and oxygen atoms in total. The van der Waals surface area contributed by atoms with Crippen LogP contribution in [0.5, 0.6) is 0 Å². The molecular formula is C12H14N6O. The normalized spacial score (nSPS) is 10.5. The Hall–Kier alpha value is -2.88. The van der Waals surface area contributed by atoms with E-state index in [1.165, 1.54) is 6.92 Å². The summed E-state index contributed by atoms with van der Waals surface area (Å²) in [5, 5.41) is 22.2. The van der Waals surface area contributed by atoms with Gasteiger partial charge in [0.2, 0.25) is 11.6 Å². The molecule has 0 fully saturated rings. The fourth-order valence-electron chi connectivity index (χ4n) is 1.33. The van der Waals surface area contributed by atoms with E-state index >= 15 is 0 Å². The van der Waals surface area contributed by atoms with Gasteiger partial charge in [0.25, 0.3) is 0 Å². The maximum Gasteiger partial charge on any atom is 0.221 e. The zero-order valence-electron chi connectivity index (χ0n) is 10.6. The lowest BCUT2D eigenvalue weighted by atomic mass is 10.2. The molecule has 1 aromatic carbocycles. The van der Waals surface area contributed by atoms with Crippen LogP contribution in [0.4, 0.5) is 11.4 Å². The largest absolute Gasteiger partial charge is 0.382 e. The van der Waals surface area contributed by atoms with Gasteiger partial charge in [-0.2, -0.15) is 10.4 Å². The highest BCUT2D eigenvalue weighted by molar-refractivity contribution is 6.45. The second-order valence-electron chi connectivity index (χ2n) is 3.81. The quantitative estimate of drug-likeness (QED) is 0.367. The Labute approximate surface area is 110 Å². The number of benzene rings is 1. The number of nitriles is 1. The number of nitrogens with one attached hydrogen (secondary N) is 3. The zero-order valence-corrected chi connectivity index (χ0v) is 10.6. The number of carbonyl (C=O) groups excluding carboxylic acids is 1. The van der Waals surface area contributed by atoms with Crippen LogP contribution >= 0.6 is 0 Å². The van der Waals surface area contributed by atoms with E-state index in [1.807, 2.05) is 6.92 Å². The molecule has 0 saturated carbocycles. The molecule has 1 aromatic rings. The van der Waals surface area contributed by atoms with Gasteiger partial charge in [-0.25, -0.2) is 0 Å². The van der Waals surface area contributed by atoms with Crippen molar-refractivity contribution in [3.05, 3.63) is 23.8 Å². The van der Waals surface area contributed by atoms with E-state index in [0.29, 0.717) is 11.4 Å². The molecule has 5 N–H and O–H groups in total. The van der Waals surface area contributed by atoms with Crippen molar-refractivity contribution in [2.24, 2.45) is 10.8 Å². The fourth-order valence-corrected chi connectivity index (χ4v) is 1.33. The fraction of sp³-hybridized carbons (Fsp3) is 0.167. The molecule has 0 aromatic heterocycles. The molecule has 0 atom stereocenters. The molecule has 0 unspecified atom stereocenters. The van der Waals surface area contributed by atoms with E-state index in [0.717, 1.165) is 5.56 Å². The summed E-state index contributed by atoms with van der Waals surface area (Å²) in [7, 11) is 0. The molecule has 0 saturated heterocycles. The average molecular weight is 258 g/mol. The second kappa shape index (κ2) is 6.16. The third kappa shape index (κ3) is 4.12. The van der Waals surface area contributed by atoms with Gasteiger partial charge in [0.15, 0.2) is 5.84 Å². The number of aryl methyl sites for hydroxylation is 1. The number of rotatable bonds is 4. The topological polar surface area (TPSA) is 127 Å². The van der Waals surface area contributed by atoms with E-state index in [2.05, 4.69) is 15.8 Å². The van der Waals surface area contributed by atoms with Gasteiger partial charge < -0.3 is 11.1 Å². The number of hydrogen-bond donors (Lipinski definition) is 4. The number of hydrogen-bond acceptors (Lipinski definition) is 5. The number of hydrazone groups is 1. The Morgan fingerprint density at radius 3 is 2.68 bits per heavy atom. The van der Waals surface area contributed by atoms with Crippen molar-refractivity contribution in [3.63, 3.8) is 0 Å². The van der Waals surface area contributed by atoms with Gasteiger partial charge in [0, 0.05) is 12.6 Å². The zero-order chi connectivity index (χ0) is 14.4. The minimum Gasteiger partial charge on any atom is -0.382 e. The predicted octanol–water partition coefficient (Wildman–Crippen LogP) is 1.18. The molecule has 0 aliphatic heterocycles. The highest BCUT2D eigenvalue weighted by Crippen LogP contribution is 2.19. The Morgan fingerprint density at radius 2 is 2.21 bits per heavy atom. The molecule has 0 radical (unpaired) electrons. The standard InChI is InChI=1S/C12H14N6O/c1-7-5-9(3-4-10(7)16-8(2)19)17-18-11(6-13)12(14)15/h3-5,17H,1-2H3,(H3,14,15)(H,16,19)/b18-11+.